The van der Waals surface area contributed by atoms with Crippen molar-refractivity contribution >= 4 is 17.9 Å². The number of amides is 3. The van der Waals surface area contributed by atoms with Gasteiger partial charge in [-0.2, -0.15) is 0 Å². The average molecular weight is 299 g/mol. The van der Waals surface area contributed by atoms with Crippen LogP contribution in [-0.4, -0.2) is 65.5 Å². The van der Waals surface area contributed by atoms with Crippen molar-refractivity contribution in [2.75, 3.05) is 26.7 Å². The van der Waals surface area contributed by atoms with E-state index in [9.17, 15) is 14.4 Å². The van der Waals surface area contributed by atoms with Gasteiger partial charge in [-0.15, -0.1) is 0 Å². The molecule has 0 aromatic carbocycles. The predicted octanol–water partition coefficient (Wildman–Crippen LogP) is 0.749. The lowest BCUT2D eigenvalue weighted by molar-refractivity contribution is -0.137. The fraction of sp³-hybridized carbons (Fsp3) is 0.786. The maximum absolute atomic E-state index is 12.6. The van der Waals surface area contributed by atoms with Crippen molar-refractivity contribution in [2.45, 2.75) is 39.2 Å². The van der Waals surface area contributed by atoms with Gasteiger partial charge in [0.2, 0.25) is 5.91 Å². The van der Waals surface area contributed by atoms with Crippen LogP contribution in [0, 0.1) is 5.92 Å². The number of piperidine rings is 1. The first-order valence-corrected chi connectivity index (χ1v) is 7.35. The molecule has 0 saturated carbocycles. The third kappa shape index (κ3) is 4.91. The predicted molar refractivity (Wildman–Crippen MR) is 77.9 cm³/mol. The van der Waals surface area contributed by atoms with Crippen molar-refractivity contribution in [1.29, 1.82) is 0 Å². The van der Waals surface area contributed by atoms with Crippen molar-refractivity contribution in [3.05, 3.63) is 0 Å². The molecule has 120 valence electrons. The molecule has 0 aromatic rings. The number of rotatable bonds is 5. The number of hydrogen-bond acceptors (Lipinski definition) is 3. The fourth-order valence-corrected chi connectivity index (χ4v) is 2.60. The van der Waals surface area contributed by atoms with Gasteiger partial charge in [0.25, 0.3) is 0 Å². The summed E-state index contributed by atoms with van der Waals surface area (Å²) in [6.45, 7) is 4.37. The standard InChI is InChI=1S/C14H25N3O4/c1-10(2)8-16(9-12(18)19)14(21)17-7-5-4-6-11(17)13(20)15-3/h10-11H,4-9H2,1-3H3,(H,15,20)(H,18,19). The highest BCUT2D eigenvalue weighted by Gasteiger charge is 2.34. The van der Waals surface area contributed by atoms with Crippen LogP contribution in [0.4, 0.5) is 4.79 Å². The molecule has 0 aromatic heterocycles. The van der Waals surface area contributed by atoms with Gasteiger partial charge in [0.1, 0.15) is 12.6 Å². The summed E-state index contributed by atoms with van der Waals surface area (Å²) in [5, 5.41) is 11.5. The van der Waals surface area contributed by atoms with Crippen LogP contribution in [0.15, 0.2) is 0 Å². The van der Waals surface area contributed by atoms with Gasteiger partial charge < -0.3 is 20.2 Å². The van der Waals surface area contributed by atoms with Gasteiger partial charge in [-0.05, 0) is 25.2 Å². The molecule has 1 rings (SSSR count). The van der Waals surface area contributed by atoms with Crippen LogP contribution < -0.4 is 5.32 Å². The van der Waals surface area contributed by atoms with E-state index in [0.29, 0.717) is 19.5 Å². The minimum atomic E-state index is -1.04. The molecule has 2 N–H and O–H groups in total. The number of aliphatic carboxylic acids is 1. The Hall–Kier alpha value is -1.79. The summed E-state index contributed by atoms with van der Waals surface area (Å²) in [4.78, 5) is 38.3. The van der Waals surface area contributed by atoms with E-state index in [1.807, 2.05) is 13.8 Å². The second kappa shape index (κ2) is 7.85. The number of nitrogens with one attached hydrogen (secondary N) is 1. The van der Waals surface area contributed by atoms with Gasteiger partial charge in [-0.25, -0.2) is 4.79 Å². The quantitative estimate of drug-likeness (QED) is 0.784. The van der Waals surface area contributed by atoms with Gasteiger partial charge in [0.15, 0.2) is 0 Å². The van der Waals surface area contributed by atoms with Crippen molar-refractivity contribution in [2.24, 2.45) is 5.92 Å². The Kier molecular flexibility index (Phi) is 6.45. The topological polar surface area (TPSA) is 90.0 Å². The number of urea groups is 1. The van der Waals surface area contributed by atoms with E-state index in [-0.39, 0.29) is 24.4 Å². The van der Waals surface area contributed by atoms with Crippen LogP contribution in [0.2, 0.25) is 0 Å². The van der Waals surface area contributed by atoms with Crippen molar-refractivity contribution in [3.63, 3.8) is 0 Å². The average Bonchev–Trinajstić information content (AvgIpc) is 2.44. The first kappa shape index (κ1) is 17.3. The summed E-state index contributed by atoms with van der Waals surface area (Å²) in [7, 11) is 1.54. The van der Waals surface area contributed by atoms with Crippen molar-refractivity contribution < 1.29 is 19.5 Å². The molecule has 0 bridgehead atoms. The molecule has 1 atom stereocenters. The van der Waals surface area contributed by atoms with E-state index in [1.54, 1.807) is 7.05 Å². The van der Waals surface area contributed by atoms with Crippen LogP contribution >= 0.6 is 0 Å². The summed E-state index contributed by atoms with van der Waals surface area (Å²) in [5.41, 5.74) is 0. The molecule has 7 heteroatoms. The summed E-state index contributed by atoms with van der Waals surface area (Å²) in [6.07, 6.45) is 2.35. The summed E-state index contributed by atoms with van der Waals surface area (Å²) in [5.74, 6) is -1.07. The zero-order valence-electron chi connectivity index (χ0n) is 13.0. The zero-order valence-corrected chi connectivity index (χ0v) is 13.0. The number of likely N-dealkylation sites (N-methyl/N-ethyl adjacent to an activating group) is 1. The molecule has 1 unspecified atom stereocenters. The number of carbonyl (C=O) groups excluding carboxylic acids is 2. The number of carbonyl (C=O) groups is 3. The highest BCUT2D eigenvalue weighted by atomic mass is 16.4. The Morgan fingerprint density at radius 1 is 1.33 bits per heavy atom. The molecule has 0 spiro atoms. The minimum absolute atomic E-state index is 0.163. The largest absolute Gasteiger partial charge is 0.480 e. The van der Waals surface area contributed by atoms with Gasteiger partial charge in [-0.1, -0.05) is 13.8 Å². The number of hydrogen-bond donors (Lipinski definition) is 2. The van der Waals surface area contributed by atoms with Crippen LogP contribution in [0.25, 0.3) is 0 Å². The molecule has 0 radical (unpaired) electrons. The molecule has 1 aliphatic heterocycles. The van der Waals surface area contributed by atoms with Gasteiger partial charge >= 0.3 is 12.0 Å². The molecular weight excluding hydrogens is 274 g/mol. The molecule has 7 nitrogen and oxygen atoms in total. The Morgan fingerprint density at radius 2 is 2.00 bits per heavy atom. The van der Waals surface area contributed by atoms with Gasteiger partial charge in [-0.3, -0.25) is 9.59 Å². The van der Waals surface area contributed by atoms with Gasteiger partial charge in [0.05, 0.1) is 0 Å². The number of likely N-dealkylation sites (tertiary alicyclic amines) is 1. The smallest absolute Gasteiger partial charge is 0.323 e. The second-order valence-corrected chi connectivity index (χ2v) is 5.77. The highest BCUT2D eigenvalue weighted by Crippen LogP contribution is 2.19. The fourth-order valence-electron chi connectivity index (χ4n) is 2.60. The van der Waals surface area contributed by atoms with E-state index in [0.717, 1.165) is 12.8 Å². The Labute approximate surface area is 125 Å². The monoisotopic (exact) mass is 299 g/mol. The molecule has 1 saturated heterocycles. The van der Waals surface area contributed by atoms with Crippen molar-refractivity contribution in [3.8, 4) is 0 Å². The van der Waals surface area contributed by atoms with E-state index >= 15 is 0 Å². The molecule has 3 amide bonds. The second-order valence-electron chi connectivity index (χ2n) is 5.77. The van der Waals surface area contributed by atoms with Crippen molar-refractivity contribution in [1.82, 2.24) is 15.1 Å². The lowest BCUT2D eigenvalue weighted by Gasteiger charge is -2.38. The van der Waals surface area contributed by atoms with E-state index in [4.69, 9.17) is 5.11 Å². The van der Waals surface area contributed by atoms with Crippen LogP contribution in [-0.2, 0) is 9.59 Å². The van der Waals surface area contributed by atoms with E-state index in [2.05, 4.69) is 5.32 Å². The third-order valence-electron chi connectivity index (χ3n) is 3.48. The normalized spacial score (nSPS) is 18.5. The van der Waals surface area contributed by atoms with E-state index in [1.165, 1.54) is 9.80 Å². The number of carboxylic acids is 1. The first-order chi connectivity index (χ1) is 9.86. The maximum Gasteiger partial charge on any atom is 0.323 e. The summed E-state index contributed by atoms with van der Waals surface area (Å²) >= 11 is 0. The minimum Gasteiger partial charge on any atom is -0.480 e. The van der Waals surface area contributed by atoms with Gasteiger partial charge in [0, 0.05) is 20.1 Å². The molecule has 21 heavy (non-hydrogen) atoms. The number of carboxylic acid groups (broad SMARTS) is 1. The molecule has 1 fully saturated rings. The summed E-state index contributed by atoms with van der Waals surface area (Å²) < 4.78 is 0. The molecule has 0 aliphatic carbocycles. The van der Waals surface area contributed by atoms with Crippen LogP contribution in [0.5, 0.6) is 0 Å². The van der Waals surface area contributed by atoms with Crippen LogP contribution in [0.1, 0.15) is 33.1 Å². The first-order valence-electron chi connectivity index (χ1n) is 7.35. The van der Waals surface area contributed by atoms with E-state index < -0.39 is 12.0 Å². The zero-order chi connectivity index (χ0) is 16.0. The molecule has 1 heterocycles. The Balaban J connectivity index is 2.87. The highest BCUT2D eigenvalue weighted by molar-refractivity contribution is 5.88. The lowest BCUT2D eigenvalue weighted by Crippen LogP contribution is -2.56. The number of nitrogens with zero attached hydrogens (tertiary/aromatic N) is 2. The third-order valence-corrected chi connectivity index (χ3v) is 3.48. The maximum atomic E-state index is 12.6. The molecular formula is C14H25N3O4. The lowest BCUT2D eigenvalue weighted by atomic mass is 10.0. The SMILES string of the molecule is CNC(=O)C1CCCCN1C(=O)N(CC(=O)O)CC(C)C. The molecule has 1 aliphatic rings. The summed E-state index contributed by atoms with van der Waals surface area (Å²) in [6, 6.07) is -0.862. The Bertz CT molecular complexity index is 398. The Morgan fingerprint density at radius 3 is 2.52 bits per heavy atom. The van der Waals surface area contributed by atoms with Crippen LogP contribution in [0.3, 0.4) is 0 Å².